The number of hydrogen-bond acceptors (Lipinski definition) is 6. The van der Waals surface area contributed by atoms with Crippen molar-refractivity contribution in [3.63, 3.8) is 0 Å². The predicted molar refractivity (Wildman–Crippen MR) is 81.8 cm³/mol. The third-order valence-corrected chi connectivity index (χ3v) is 5.28. The molecule has 7 nitrogen and oxygen atoms in total. The van der Waals surface area contributed by atoms with E-state index in [2.05, 4.69) is 10.5 Å². The molecular weight excluding hydrogens is 308 g/mol. The van der Waals surface area contributed by atoms with Gasteiger partial charge >= 0.3 is 0 Å². The first-order chi connectivity index (χ1) is 10.4. The summed E-state index contributed by atoms with van der Waals surface area (Å²) < 4.78 is 27.6. The van der Waals surface area contributed by atoms with Crippen molar-refractivity contribution in [1.29, 1.82) is 0 Å². The zero-order valence-corrected chi connectivity index (χ0v) is 13.0. The number of hydrogen-bond donors (Lipinski definition) is 2. The van der Waals surface area contributed by atoms with E-state index in [1.807, 2.05) is 0 Å². The first-order valence-electron chi connectivity index (χ1n) is 6.79. The molecule has 0 aliphatic carbocycles. The minimum absolute atomic E-state index is 0.0564. The zero-order chi connectivity index (χ0) is 16.2. The lowest BCUT2D eigenvalue weighted by molar-refractivity contribution is -0.121. The van der Waals surface area contributed by atoms with Crippen molar-refractivity contribution < 1.29 is 23.1 Å². The van der Waals surface area contributed by atoms with Gasteiger partial charge in [-0.1, -0.05) is 6.07 Å². The number of aromatic hydroxyl groups is 1. The smallest absolute Gasteiger partial charge is 0.240 e. The first kappa shape index (κ1) is 16.3. The number of carbonyl (C=O) groups excluding carboxylic acids is 1. The maximum Gasteiger partial charge on any atom is 0.240 e. The molecule has 1 atom stereocenters. The van der Waals surface area contributed by atoms with Crippen molar-refractivity contribution >= 4 is 22.0 Å². The van der Waals surface area contributed by atoms with Crippen molar-refractivity contribution in [3.8, 4) is 11.5 Å². The first-order valence-corrected chi connectivity index (χ1v) is 8.61. The lowest BCUT2D eigenvalue weighted by atomic mass is 10.1. The molecule has 0 aromatic heterocycles. The summed E-state index contributed by atoms with van der Waals surface area (Å²) in [7, 11) is -1.55. The topological polar surface area (TPSA) is 105 Å². The summed E-state index contributed by atoms with van der Waals surface area (Å²) in [5.74, 6) is -0.0466. The highest BCUT2D eigenvalue weighted by Gasteiger charge is 2.29. The van der Waals surface area contributed by atoms with Gasteiger partial charge in [-0.25, -0.2) is 13.8 Å². The molecule has 22 heavy (non-hydrogen) atoms. The van der Waals surface area contributed by atoms with Crippen LogP contribution < -0.4 is 10.2 Å². The van der Waals surface area contributed by atoms with Crippen LogP contribution in [-0.4, -0.2) is 44.3 Å². The minimum Gasteiger partial charge on any atom is -0.504 e. The van der Waals surface area contributed by atoms with Crippen LogP contribution in [0.1, 0.15) is 18.4 Å². The standard InChI is InChI=1S/C14H18N2O5S/c1-21-12-4-2-3-11(14(12)18)8-15-16-13(17)7-10-5-6-22(19,20)9-10/h2-4,8,10,18H,5-7,9H2,1H3,(H,16,17)/b15-8+/t10-/m0/s1. The Balaban J connectivity index is 1.89. The van der Waals surface area contributed by atoms with E-state index in [1.54, 1.807) is 18.2 Å². The van der Waals surface area contributed by atoms with E-state index in [0.29, 0.717) is 17.7 Å². The van der Waals surface area contributed by atoms with Crippen LogP contribution in [0.15, 0.2) is 23.3 Å². The largest absolute Gasteiger partial charge is 0.504 e. The Labute approximate surface area is 128 Å². The number of nitrogens with zero attached hydrogens (tertiary/aromatic N) is 1. The molecule has 120 valence electrons. The summed E-state index contributed by atoms with van der Waals surface area (Å²) in [5, 5.41) is 13.6. The summed E-state index contributed by atoms with van der Waals surface area (Å²) in [6.07, 6.45) is 1.94. The Morgan fingerprint density at radius 1 is 1.55 bits per heavy atom. The number of methoxy groups -OCH3 is 1. The van der Waals surface area contributed by atoms with Crippen LogP contribution in [0.2, 0.25) is 0 Å². The molecule has 2 N–H and O–H groups in total. The number of hydrazone groups is 1. The van der Waals surface area contributed by atoms with E-state index in [0.717, 1.165) is 0 Å². The summed E-state index contributed by atoms with van der Waals surface area (Å²) >= 11 is 0. The summed E-state index contributed by atoms with van der Waals surface area (Å²) in [6.45, 7) is 0. The van der Waals surface area contributed by atoms with Gasteiger partial charge in [0, 0.05) is 12.0 Å². The van der Waals surface area contributed by atoms with Crippen LogP contribution in [0.25, 0.3) is 0 Å². The number of amides is 1. The molecule has 0 saturated carbocycles. The molecule has 1 saturated heterocycles. The van der Waals surface area contributed by atoms with Crippen LogP contribution >= 0.6 is 0 Å². The number of carbonyl (C=O) groups is 1. The van der Waals surface area contributed by atoms with Gasteiger partial charge in [-0.15, -0.1) is 0 Å². The molecular formula is C14H18N2O5S. The number of nitrogens with one attached hydrogen (secondary N) is 1. The number of sulfone groups is 1. The fourth-order valence-corrected chi connectivity index (χ4v) is 4.18. The van der Waals surface area contributed by atoms with Gasteiger partial charge < -0.3 is 9.84 Å². The Kier molecular flexibility index (Phi) is 5.02. The van der Waals surface area contributed by atoms with Gasteiger partial charge in [-0.05, 0) is 24.5 Å². The number of rotatable bonds is 5. The quantitative estimate of drug-likeness (QED) is 0.611. The SMILES string of the molecule is COc1cccc(/C=N/NC(=O)C[C@@H]2CCS(=O)(=O)C2)c1O. The number of ether oxygens (including phenoxy) is 1. The van der Waals surface area contributed by atoms with Crippen molar-refractivity contribution in [3.05, 3.63) is 23.8 Å². The fraction of sp³-hybridized carbons (Fsp3) is 0.429. The molecule has 0 bridgehead atoms. The third kappa shape index (κ3) is 4.20. The number of benzene rings is 1. The Morgan fingerprint density at radius 2 is 2.32 bits per heavy atom. The van der Waals surface area contributed by atoms with Gasteiger partial charge in [0.1, 0.15) is 0 Å². The molecule has 1 aliphatic rings. The molecule has 1 aliphatic heterocycles. The van der Waals surface area contributed by atoms with Crippen molar-refractivity contribution in [2.75, 3.05) is 18.6 Å². The average molecular weight is 326 g/mol. The van der Waals surface area contributed by atoms with E-state index < -0.39 is 9.84 Å². The van der Waals surface area contributed by atoms with E-state index in [9.17, 15) is 18.3 Å². The van der Waals surface area contributed by atoms with Crippen molar-refractivity contribution in [2.45, 2.75) is 12.8 Å². The number of phenolic OH excluding ortho intramolecular Hbond substituents is 1. The Hall–Kier alpha value is -2.09. The van der Waals surface area contributed by atoms with Gasteiger partial charge in [0.15, 0.2) is 21.3 Å². The fourth-order valence-electron chi connectivity index (χ4n) is 2.32. The highest BCUT2D eigenvalue weighted by Crippen LogP contribution is 2.28. The second kappa shape index (κ2) is 6.78. The van der Waals surface area contributed by atoms with E-state index >= 15 is 0 Å². The molecule has 1 heterocycles. The Bertz CT molecular complexity index is 684. The van der Waals surface area contributed by atoms with Crippen molar-refractivity contribution in [1.82, 2.24) is 5.43 Å². The van der Waals surface area contributed by atoms with E-state index in [4.69, 9.17) is 4.74 Å². The van der Waals surface area contributed by atoms with E-state index in [-0.39, 0.29) is 35.5 Å². The third-order valence-electron chi connectivity index (χ3n) is 3.44. The number of para-hydroxylation sites is 1. The lowest BCUT2D eigenvalue weighted by Gasteiger charge is -2.06. The van der Waals surface area contributed by atoms with Crippen molar-refractivity contribution in [2.24, 2.45) is 11.0 Å². The normalized spacial score (nSPS) is 20.1. The van der Waals surface area contributed by atoms with Gasteiger partial charge in [0.25, 0.3) is 0 Å². The van der Waals surface area contributed by atoms with Gasteiger partial charge in [-0.2, -0.15) is 5.10 Å². The zero-order valence-electron chi connectivity index (χ0n) is 12.2. The Morgan fingerprint density at radius 3 is 2.95 bits per heavy atom. The maximum atomic E-state index is 11.7. The second-order valence-electron chi connectivity index (χ2n) is 5.16. The van der Waals surface area contributed by atoms with Crippen LogP contribution in [0, 0.1) is 5.92 Å². The monoisotopic (exact) mass is 326 g/mol. The van der Waals surface area contributed by atoms with Gasteiger partial charge in [0.2, 0.25) is 5.91 Å². The molecule has 1 fully saturated rings. The summed E-state index contributed by atoms with van der Waals surface area (Å²) in [5.41, 5.74) is 2.74. The highest BCUT2D eigenvalue weighted by molar-refractivity contribution is 7.91. The van der Waals surface area contributed by atoms with Gasteiger partial charge in [0.05, 0.1) is 24.8 Å². The average Bonchev–Trinajstić information content (AvgIpc) is 2.79. The van der Waals surface area contributed by atoms with Crippen LogP contribution in [0.5, 0.6) is 11.5 Å². The lowest BCUT2D eigenvalue weighted by Crippen LogP contribution is -2.21. The summed E-state index contributed by atoms with van der Waals surface area (Å²) in [6, 6.07) is 4.91. The molecule has 8 heteroatoms. The van der Waals surface area contributed by atoms with Crippen LogP contribution in [0.3, 0.4) is 0 Å². The highest BCUT2D eigenvalue weighted by atomic mass is 32.2. The van der Waals surface area contributed by atoms with Gasteiger partial charge in [-0.3, -0.25) is 4.79 Å². The summed E-state index contributed by atoms with van der Waals surface area (Å²) in [4.78, 5) is 11.7. The molecule has 0 radical (unpaired) electrons. The molecule has 0 unspecified atom stereocenters. The number of phenols is 1. The van der Waals surface area contributed by atoms with E-state index in [1.165, 1.54) is 13.3 Å². The molecule has 2 rings (SSSR count). The molecule has 0 spiro atoms. The predicted octanol–water partition coefficient (Wildman–Crippen LogP) is 0.676. The molecule has 1 aromatic carbocycles. The second-order valence-corrected chi connectivity index (χ2v) is 7.39. The molecule has 1 aromatic rings. The van der Waals surface area contributed by atoms with Crippen LogP contribution in [-0.2, 0) is 14.6 Å². The minimum atomic E-state index is -2.98. The maximum absolute atomic E-state index is 11.7. The molecule has 1 amide bonds. The van der Waals surface area contributed by atoms with Crippen LogP contribution in [0.4, 0.5) is 0 Å².